The first-order valence-corrected chi connectivity index (χ1v) is 8.82. The summed E-state index contributed by atoms with van der Waals surface area (Å²) in [7, 11) is 0. The molecule has 0 aliphatic heterocycles. The number of hydrogen-bond donors (Lipinski definition) is 1. The van der Waals surface area contributed by atoms with Gasteiger partial charge in [-0.05, 0) is 52.7 Å². The number of benzene rings is 1. The number of rotatable bonds is 6. The van der Waals surface area contributed by atoms with Crippen molar-refractivity contribution in [3.05, 3.63) is 59.3 Å². The summed E-state index contributed by atoms with van der Waals surface area (Å²) in [4.78, 5) is 4.76. The molecule has 0 bridgehead atoms. The molecule has 2 heterocycles. The molecular formula is C21H26N4. The summed E-state index contributed by atoms with van der Waals surface area (Å²) in [5, 5.41) is 9.11. The van der Waals surface area contributed by atoms with Gasteiger partial charge in [0.1, 0.15) is 5.82 Å². The highest BCUT2D eigenvalue weighted by molar-refractivity contribution is 5.91. The first-order chi connectivity index (χ1) is 12.0. The highest BCUT2D eigenvalue weighted by Crippen LogP contribution is 2.23. The van der Waals surface area contributed by atoms with Gasteiger partial charge in [-0.3, -0.25) is 0 Å². The molecule has 0 fully saturated rings. The zero-order valence-electron chi connectivity index (χ0n) is 15.5. The van der Waals surface area contributed by atoms with E-state index >= 15 is 0 Å². The SMILES string of the molecule is CC(C)=CCC/C(C)=C/CNc1nc2cc(C)nn2c2ccccc12. The third-order valence-electron chi connectivity index (χ3n) is 4.24. The summed E-state index contributed by atoms with van der Waals surface area (Å²) in [5.74, 6) is 0.913. The van der Waals surface area contributed by atoms with Crippen molar-refractivity contribution in [1.29, 1.82) is 0 Å². The van der Waals surface area contributed by atoms with E-state index in [9.17, 15) is 0 Å². The molecule has 25 heavy (non-hydrogen) atoms. The van der Waals surface area contributed by atoms with Crippen LogP contribution >= 0.6 is 0 Å². The largest absolute Gasteiger partial charge is 0.366 e. The predicted molar refractivity (Wildman–Crippen MR) is 106 cm³/mol. The van der Waals surface area contributed by atoms with Crippen LogP contribution in [0.4, 0.5) is 5.82 Å². The van der Waals surface area contributed by atoms with Crippen LogP contribution in [-0.2, 0) is 0 Å². The zero-order chi connectivity index (χ0) is 17.8. The van der Waals surface area contributed by atoms with Crippen molar-refractivity contribution in [3.63, 3.8) is 0 Å². The van der Waals surface area contributed by atoms with Crippen molar-refractivity contribution < 1.29 is 0 Å². The monoisotopic (exact) mass is 334 g/mol. The second-order valence-electron chi connectivity index (χ2n) is 6.78. The van der Waals surface area contributed by atoms with Gasteiger partial charge in [-0.2, -0.15) is 5.10 Å². The summed E-state index contributed by atoms with van der Waals surface area (Å²) in [5.41, 5.74) is 5.71. The molecule has 0 spiro atoms. The Hall–Kier alpha value is -2.62. The van der Waals surface area contributed by atoms with E-state index in [2.05, 4.69) is 55.5 Å². The minimum Gasteiger partial charge on any atom is -0.366 e. The molecule has 0 unspecified atom stereocenters. The van der Waals surface area contributed by atoms with Crippen molar-refractivity contribution in [1.82, 2.24) is 14.6 Å². The van der Waals surface area contributed by atoms with E-state index in [1.807, 2.05) is 29.6 Å². The maximum absolute atomic E-state index is 4.76. The normalized spacial score (nSPS) is 11.9. The maximum Gasteiger partial charge on any atom is 0.158 e. The number of allylic oxidation sites excluding steroid dienone is 3. The van der Waals surface area contributed by atoms with E-state index in [1.54, 1.807) is 0 Å². The van der Waals surface area contributed by atoms with Gasteiger partial charge in [-0.15, -0.1) is 0 Å². The number of nitrogens with one attached hydrogen (secondary N) is 1. The first-order valence-electron chi connectivity index (χ1n) is 8.82. The molecule has 3 aromatic rings. The first kappa shape index (κ1) is 17.2. The number of fused-ring (bicyclic) bond motifs is 3. The summed E-state index contributed by atoms with van der Waals surface area (Å²) >= 11 is 0. The molecule has 0 radical (unpaired) electrons. The highest BCUT2D eigenvalue weighted by atomic mass is 15.3. The van der Waals surface area contributed by atoms with Gasteiger partial charge in [0.15, 0.2) is 5.65 Å². The molecule has 1 aromatic carbocycles. The fourth-order valence-corrected chi connectivity index (χ4v) is 2.92. The Bertz CT molecular complexity index is 943. The van der Waals surface area contributed by atoms with Crippen LogP contribution in [0.15, 0.2) is 53.6 Å². The molecule has 0 saturated heterocycles. The van der Waals surface area contributed by atoms with Gasteiger partial charge in [0, 0.05) is 18.0 Å². The lowest BCUT2D eigenvalue weighted by Gasteiger charge is -2.09. The van der Waals surface area contributed by atoms with Gasteiger partial charge in [0.2, 0.25) is 0 Å². The lowest BCUT2D eigenvalue weighted by molar-refractivity contribution is 0.952. The Balaban J connectivity index is 1.80. The topological polar surface area (TPSA) is 42.2 Å². The second-order valence-corrected chi connectivity index (χ2v) is 6.78. The van der Waals surface area contributed by atoms with E-state index in [0.717, 1.165) is 47.4 Å². The molecule has 0 aliphatic carbocycles. The predicted octanol–water partition coefficient (Wildman–Crippen LogP) is 5.30. The van der Waals surface area contributed by atoms with Gasteiger partial charge in [0.25, 0.3) is 0 Å². The molecule has 2 aromatic heterocycles. The van der Waals surface area contributed by atoms with Crippen LogP contribution in [-0.4, -0.2) is 21.1 Å². The Kier molecular flexibility index (Phi) is 5.17. The van der Waals surface area contributed by atoms with E-state index in [0.29, 0.717) is 0 Å². The van der Waals surface area contributed by atoms with Crippen molar-refractivity contribution in [2.24, 2.45) is 0 Å². The number of nitrogens with zero attached hydrogens (tertiary/aromatic N) is 3. The number of aryl methyl sites for hydroxylation is 1. The summed E-state index contributed by atoms with van der Waals surface area (Å²) in [6.45, 7) is 9.25. The average molecular weight is 334 g/mol. The van der Waals surface area contributed by atoms with E-state index in [-0.39, 0.29) is 0 Å². The summed E-state index contributed by atoms with van der Waals surface area (Å²) in [6, 6.07) is 10.3. The van der Waals surface area contributed by atoms with E-state index in [1.165, 1.54) is 11.1 Å². The third kappa shape index (κ3) is 4.08. The summed E-state index contributed by atoms with van der Waals surface area (Å²) in [6.07, 6.45) is 6.74. The third-order valence-corrected chi connectivity index (χ3v) is 4.24. The van der Waals surface area contributed by atoms with Crippen molar-refractivity contribution in [2.75, 3.05) is 11.9 Å². The lowest BCUT2D eigenvalue weighted by atomic mass is 10.1. The van der Waals surface area contributed by atoms with Crippen molar-refractivity contribution in [2.45, 2.75) is 40.5 Å². The minimum absolute atomic E-state index is 0.779. The van der Waals surface area contributed by atoms with Crippen LogP contribution in [0.5, 0.6) is 0 Å². The quantitative estimate of drug-likeness (QED) is 0.622. The highest BCUT2D eigenvalue weighted by Gasteiger charge is 2.09. The number of anilines is 1. The van der Waals surface area contributed by atoms with Gasteiger partial charge in [-0.25, -0.2) is 9.50 Å². The zero-order valence-corrected chi connectivity index (χ0v) is 15.5. The van der Waals surface area contributed by atoms with Crippen molar-refractivity contribution >= 4 is 22.4 Å². The number of para-hydroxylation sites is 1. The maximum atomic E-state index is 4.76. The molecule has 3 rings (SSSR count). The smallest absolute Gasteiger partial charge is 0.158 e. The van der Waals surface area contributed by atoms with Crippen LogP contribution in [0.1, 0.15) is 39.3 Å². The standard InChI is InChI=1S/C21H26N4/c1-15(2)8-7-9-16(3)12-13-22-21-18-10-5-6-11-19(18)25-20(23-21)14-17(4)24-25/h5-6,8,10-12,14H,7,9,13H2,1-4H3,(H,22,23)/b16-12+. The molecular weight excluding hydrogens is 308 g/mol. The Morgan fingerprint density at radius 1 is 1.16 bits per heavy atom. The molecule has 0 atom stereocenters. The average Bonchev–Trinajstić information content (AvgIpc) is 2.95. The van der Waals surface area contributed by atoms with Gasteiger partial charge in [-0.1, -0.05) is 35.4 Å². The fraction of sp³-hybridized carbons (Fsp3) is 0.333. The Morgan fingerprint density at radius 2 is 1.96 bits per heavy atom. The minimum atomic E-state index is 0.779. The van der Waals surface area contributed by atoms with Gasteiger partial charge < -0.3 is 5.32 Å². The van der Waals surface area contributed by atoms with Crippen LogP contribution in [0.25, 0.3) is 16.6 Å². The molecule has 4 heteroatoms. The Morgan fingerprint density at radius 3 is 2.76 bits per heavy atom. The van der Waals surface area contributed by atoms with Gasteiger partial charge >= 0.3 is 0 Å². The second kappa shape index (κ2) is 7.51. The van der Waals surface area contributed by atoms with E-state index < -0.39 is 0 Å². The molecule has 1 N–H and O–H groups in total. The number of aromatic nitrogens is 3. The van der Waals surface area contributed by atoms with Crippen LogP contribution in [0, 0.1) is 6.92 Å². The van der Waals surface area contributed by atoms with Crippen molar-refractivity contribution in [3.8, 4) is 0 Å². The van der Waals surface area contributed by atoms with Crippen LogP contribution in [0.3, 0.4) is 0 Å². The molecule has 130 valence electrons. The number of hydrogen-bond acceptors (Lipinski definition) is 3. The Labute approximate surface area is 149 Å². The van der Waals surface area contributed by atoms with E-state index in [4.69, 9.17) is 4.98 Å². The molecule has 0 amide bonds. The summed E-state index contributed by atoms with van der Waals surface area (Å²) < 4.78 is 1.91. The molecule has 0 saturated carbocycles. The van der Waals surface area contributed by atoms with Crippen LogP contribution < -0.4 is 5.32 Å². The molecule has 0 aliphatic rings. The lowest BCUT2D eigenvalue weighted by Crippen LogP contribution is -2.04. The molecule has 4 nitrogen and oxygen atoms in total. The van der Waals surface area contributed by atoms with Gasteiger partial charge in [0.05, 0.1) is 11.2 Å². The fourth-order valence-electron chi connectivity index (χ4n) is 2.92. The van der Waals surface area contributed by atoms with Crippen LogP contribution in [0.2, 0.25) is 0 Å².